The molecule has 2 aromatic carbocycles. The monoisotopic (exact) mass is 505 g/mol. The Bertz CT molecular complexity index is 1190. The van der Waals surface area contributed by atoms with Gasteiger partial charge in [0.25, 0.3) is 0 Å². The Morgan fingerprint density at radius 3 is 2.18 bits per heavy atom. The van der Waals surface area contributed by atoms with E-state index in [0.29, 0.717) is 35.2 Å². The molecule has 1 heterocycles. The van der Waals surface area contributed by atoms with Gasteiger partial charge in [0.05, 0.1) is 19.1 Å². The van der Waals surface area contributed by atoms with Crippen molar-refractivity contribution in [2.45, 2.75) is 25.7 Å². The smallest absolute Gasteiger partial charge is 0.244 e. The van der Waals surface area contributed by atoms with Crippen LogP contribution in [0.2, 0.25) is 0 Å². The van der Waals surface area contributed by atoms with Crippen molar-refractivity contribution >= 4 is 42.4 Å². The maximum absolute atomic E-state index is 13.4. The molecular formula is C24H31N3O5S2. The molecule has 184 valence electrons. The molecule has 0 atom stereocenters. The van der Waals surface area contributed by atoms with Crippen LogP contribution in [0.25, 0.3) is 10.2 Å². The van der Waals surface area contributed by atoms with Crippen LogP contribution in [0.15, 0.2) is 41.3 Å². The zero-order valence-electron chi connectivity index (χ0n) is 20.2. The second kappa shape index (κ2) is 11.2. The molecule has 0 fully saturated rings. The van der Waals surface area contributed by atoms with Gasteiger partial charge in [-0.3, -0.25) is 9.69 Å². The summed E-state index contributed by atoms with van der Waals surface area (Å²) in [7, 11) is -0.691. The predicted molar refractivity (Wildman–Crippen MR) is 136 cm³/mol. The van der Waals surface area contributed by atoms with Crippen molar-refractivity contribution in [3.05, 3.63) is 42.0 Å². The van der Waals surface area contributed by atoms with Crippen molar-refractivity contribution < 1.29 is 22.7 Å². The average Bonchev–Trinajstić information content (AvgIpc) is 3.26. The molecule has 3 aromatic rings. The average molecular weight is 506 g/mol. The highest BCUT2D eigenvalue weighted by Gasteiger charge is 2.28. The van der Waals surface area contributed by atoms with Gasteiger partial charge in [0, 0.05) is 13.1 Å². The number of methoxy groups -OCH3 is 2. The molecule has 0 aliphatic carbocycles. The number of aromatic nitrogens is 1. The number of aryl methyl sites for hydroxylation is 1. The Balaban J connectivity index is 1.99. The second-order valence-corrected chi connectivity index (χ2v) is 10.8. The van der Waals surface area contributed by atoms with E-state index in [1.54, 1.807) is 38.5 Å². The quantitative estimate of drug-likeness (QED) is 0.392. The molecule has 0 spiro atoms. The van der Waals surface area contributed by atoms with Crippen molar-refractivity contribution in [3.8, 4) is 11.5 Å². The highest BCUT2D eigenvalue weighted by molar-refractivity contribution is 7.92. The summed E-state index contributed by atoms with van der Waals surface area (Å²) >= 11 is 1.28. The fourth-order valence-electron chi connectivity index (χ4n) is 3.57. The minimum Gasteiger partial charge on any atom is -0.495 e. The number of sulfone groups is 1. The first-order valence-electron chi connectivity index (χ1n) is 11.1. The molecule has 34 heavy (non-hydrogen) atoms. The van der Waals surface area contributed by atoms with Gasteiger partial charge in [-0.25, -0.2) is 13.4 Å². The van der Waals surface area contributed by atoms with Gasteiger partial charge in [-0.2, -0.15) is 0 Å². The van der Waals surface area contributed by atoms with Gasteiger partial charge in [-0.1, -0.05) is 42.9 Å². The summed E-state index contributed by atoms with van der Waals surface area (Å²) in [5, 5.41) is 0.411. The minimum absolute atomic E-state index is 0.128. The standard InChI is InChI=1S/C24H31N3O5S2/c1-6-26(7-2)14-15-27(21(28)16-34(29,30)18-10-8-17(3)9-11-18)24-25-22-19(31-4)12-13-20(32-5)23(22)33-24/h8-13H,6-7,14-16H2,1-5H3. The first-order chi connectivity index (χ1) is 16.2. The number of fused-ring (bicyclic) bond motifs is 1. The Labute approximate surface area is 205 Å². The molecule has 0 unspecified atom stereocenters. The predicted octanol–water partition coefficient (Wildman–Crippen LogP) is 3.77. The van der Waals surface area contributed by atoms with Crippen LogP contribution in [0.4, 0.5) is 5.13 Å². The van der Waals surface area contributed by atoms with Gasteiger partial charge in [-0.05, 0) is 44.3 Å². The van der Waals surface area contributed by atoms with Crippen LogP contribution in [0, 0.1) is 6.92 Å². The number of benzene rings is 2. The summed E-state index contributed by atoms with van der Waals surface area (Å²) in [4.78, 5) is 21.8. The molecular weight excluding hydrogens is 474 g/mol. The van der Waals surface area contributed by atoms with Crippen molar-refractivity contribution in [3.63, 3.8) is 0 Å². The van der Waals surface area contributed by atoms with Crippen molar-refractivity contribution in [1.82, 2.24) is 9.88 Å². The topological polar surface area (TPSA) is 89.0 Å². The minimum atomic E-state index is -3.81. The number of anilines is 1. The number of carbonyl (C=O) groups excluding carboxylic acids is 1. The fraction of sp³-hybridized carbons (Fsp3) is 0.417. The lowest BCUT2D eigenvalue weighted by Gasteiger charge is -2.24. The number of likely N-dealkylation sites (N-methyl/N-ethyl adjacent to an activating group) is 1. The number of thiazole rings is 1. The summed E-state index contributed by atoms with van der Waals surface area (Å²) in [6.45, 7) is 8.52. The summed E-state index contributed by atoms with van der Waals surface area (Å²) in [5.41, 5.74) is 1.52. The van der Waals surface area contributed by atoms with Crippen LogP contribution >= 0.6 is 11.3 Å². The first kappa shape index (κ1) is 25.9. The normalized spacial score (nSPS) is 11.7. The van der Waals surface area contributed by atoms with E-state index in [0.717, 1.165) is 23.4 Å². The van der Waals surface area contributed by atoms with E-state index in [1.807, 2.05) is 20.8 Å². The van der Waals surface area contributed by atoms with E-state index in [-0.39, 0.29) is 4.90 Å². The molecule has 0 N–H and O–H groups in total. The maximum atomic E-state index is 13.4. The number of carbonyl (C=O) groups is 1. The van der Waals surface area contributed by atoms with E-state index in [1.165, 1.54) is 28.4 Å². The molecule has 0 aliphatic heterocycles. The molecule has 8 nitrogen and oxygen atoms in total. The lowest BCUT2D eigenvalue weighted by molar-refractivity contribution is -0.116. The highest BCUT2D eigenvalue weighted by Crippen LogP contribution is 2.40. The van der Waals surface area contributed by atoms with E-state index < -0.39 is 21.5 Å². The van der Waals surface area contributed by atoms with Gasteiger partial charge in [0.2, 0.25) is 5.91 Å². The molecule has 0 saturated heterocycles. The van der Waals surface area contributed by atoms with Crippen LogP contribution in [0.5, 0.6) is 11.5 Å². The first-order valence-corrected chi connectivity index (χ1v) is 13.5. The summed E-state index contributed by atoms with van der Waals surface area (Å²) in [6.07, 6.45) is 0. The molecule has 0 aliphatic rings. The molecule has 3 rings (SSSR count). The number of rotatable bonds is 11. The Morgan fingerprint density at radius 2 is 1.59 bits per heavy atom. The van der Waals surface area contributed by atoms with Gasteiger partial charge in [0.1, 0.15) is 27.5 Å². The molecule has 1 amide bonds. The lowest BCUT2D eigenvalue weighted by atomic mass is 10.2. The van der Waals surface area contributed by atoms with E-state index in [4.69, 9.17) is 9.47 Å². The third kappa shape index (κ3) is 5.68. The SMILES string of the molecule is CCN(CC)CCN(C(=O)CS(=O)(=O)c1ccc(C)cc1)c1nc2c(OC)ccc(OC)c2s1. The summed E-state index contributed by atoms with van der Waals surface area (Å²) in [5.74, 6) is 0.00723. The number of ether oxygens (including phenoxy) is 2. The number of nitrogens with zero attached hydrogens (tertiary/aromatic N) is 3. The zero-order chi connectivity index (χ0) is 24.9. The molecule has 0 saturated carbocycles. The van der Waals surface area contributed by atoms with Gasteiger partial charge >= 0.3 is 0 Å². The van der Waals surface area contributed by atoms with Crippen LogP contribution in [-0.4, -0.2) is 70.4 Å². The van der Waals surface area contributed by atoms with Crippen molar-refractivity contribution in [2.75, 3.05) is 51.1 Å². The van der Waals surface area contributed by atoms with Gasteiger partial charge in [-0.15, -0.1) is 0 Å². The highest BCUT2D eigenvalue weighted by atomic mass is 32.2. The second-order valence-electron chi connectivity index (χ2n) is 7.79. The molecule has 0 bridgehead atoms. The molecule has 1 aromatic heterocycles. The van der Waals surface area contributed by atoms with E-state index >= 15 is 0 Å². The zero-order valence-corrected chi connectivity index (χ0v) is 21.8. The number of hydrogen-bond donors (Lipinski definition) is 0. The van der Waals surface area contributed by atoms with Gasteiger partial charge < -0.3 is 14.4 Å². The van der Waals surface area contributed by atoms with Crippen molar-refractivity contribution in [2.24, 2.45) is 0 Å². The van der Waals surface area contributed by atoms with Crippen LogP contribution in [0.3, 0.4) is 0 Å². The van der Waals surface area contributed by atoms with E-state index in [9.17, 15) is 13.2 Å². The fourth-order valence-corrected chi connectivity index (χ4v) is 5.88. The van der Waals surface area contributed by atoms with Crippen molar-refractivity contribution in [1.29, 1.82) is 0 Å². The molecule has 0 radical (unpaired) electrons. The summed E-state index contributed by atoms with van der Waals surface area (Å²) < 4.78 is 37.6. The summed E-state index contributed by atoms with van der Waals surface area (Å²) in [6, 6.07) is 10.1. The molecule has 10 heteroatoms. The van der Waals surface area contributed by atoms with Crippen LogP contribution in [-0.2, 0) is 14.6 Å². The number of amides is 1. The Hall–Kier alpha value is -2.69. The Morgan fingerprint density at radius 1 is 0.971 bits per heavy atom. The third-order valence-corrected chi connectivity index (χ3v) is 8.37. The lowest BCUT2D eigenvalue weighted by Crippen LogP contribution is -2.41. The Kier molecular flexibility index (Phi) is 8.51. The number of hydrogen-bond acceptors (Lipinski definition) is 8. The third-order valence-electron chi connectivity index (χ3n) is 5.66. The van der Waals surface area contributed by atoms with Crippen LogP contribution in [0.1, 0.15) is 19.4 Å². The largest absolute Gasteiger partial charge is 0.495 e. The van der Waals surface area contributed by atoms with Crippen LogP contribution < -0.4 is 14.4 Å². The van der Waals surface area contributed by atoms with Gasteiger partial charge in [0.15, 0.2) is 15.0 Å². The maximum Gasteiger partial charge on any atom is 0.244 e. The van der Waals surface area contributed by atoms with E-state index in [2.05, 4.69) is 9.88 Å².